The zero-order valence-electron chi connectivity index (χ0n) is 17.0. The van der Waals surface area contributed by atoms with Gasteiger partial charge in [-0.25, -0.2) is 4.39 Å². The first kappa shape index (κ1) is 20.3. The fourth-order valence-corrected chi connectivity index (χ4v) is 3.14. The van der Waals surface area contributed by atoms with Crippen molar-refractivity contribution in [1.82, 2.24) is 9.78 Å². The molecule has 156 valence electrons. The molecule has 0 bridgehead atoms. The van der Waals surface area contributed by atoms with Crippen molar-refractivity contribution in [2.24, 2.45) is 0 Å². The van der Waals surface area contributed by atoms with E-state index in [1.807, 2.05) is 54.6 Å². The van der Waals surface area contributed by atoms with Crippen molar-refractivity contribution in [1.29, 1.82) is 0 Å². The molecule has 0 aliphatic rings. The molecule has 6 heteroatoms. The highest BCUT2D eigenvalue weighted by Gasteiger charge is 2.15. The number of carbonyl (C=O) groups is 1. The summed E-state index contributed by atoms with van der Waals surface area (Å²) in [6, 6.07) is 23.6. The van der Waals surface area contributed by atoms with Gasteiger partial charge in [0.15, 0.2) is 5.75 Å². The van der Waals surface area contributed by atoms with Crippen LogP contribution in [0.2, 0.25) is 0 Å². The number of rotatable bonds is 7. The average Bonchev–Trinajstić information content (AvgIpc) is 3.16. The van der Waals surface area contributed by atoms with Gasteiger partial charge in [-0.2, -0.15) is 5.10 Å². The summed E-state index contributed by atoms with van der Waals surface area (Å²) in [5, 5.41) is 4.54. The van der Waals surface area contributed by atoms with Crippen LogP contribution in [0.5, 0.6) is 11.5 Å². The lowest BCUT2D eigenvalue weighted by Gasteiger charge is -2.07. The van der Waals surface area contributed by atoms with Gasteiger partial charge in [0.25, 0.3) is 0 Å². The predicted molar refractivity (Wildman–Crippen MR) is 115 cm³/mol. The molecule has 0 spiro atoms. The van der Waals surface area contributed by atoms with Crippen molar-refractivity contribution < 1.29 is 18.7 Å². The summed E-state index contributed by atoms with van der Waals surface area (Å²) in [6.07, 6.45) is 1.67. The molecule has 0 saturated carbocycles. The highest BCUT2D eigenvalue weighted by atomic mass is 19.1. The highest BCUT2D eigenvalue weighted by Crippen LogP contribution is 2.29. The molecule has 4 rings (SSSR count). The second kappa shape index (κ2) is 9.26. The third-order valence-corrected chi connectivity index (χ3v) is 4.62. The molecule has 0 saturated heterocycles. The molecule has 5 nitrogen and oxygen atoms in total. The lowest BCUT2D eigenvalue weighted by molar-refractivity contribution is -0.131. The Labute approximate surface area is 179 Å². The normalized spacial score (nSPS) is 10.6. The lowest BCUT2D eigenvalue weighted by Crippen LogP contribution is -2.02. The standard InChI is InChI=1S/C25H21FN2O3/c1-18(29)31-24-16-28(27-25(24)21-9-11-22(26)12-10-21)15-19-7-13-23(14-8-19)30-17-20-5-3-2-4-6-20/h2-14,16H,15,17H2,1H3. The van der Waals surface area contributed by atoms with Crippen molar-refractivity contribution in [3.8, 4) is 22.8 Å². The minimum Gasteiger partial charge on any atom is -0.489 e. The van der Waals surface area contributed by atoms with Crippen LogP contribution in [0.4, 0.5) is 4.39 Å². The van der Waals surface area contributed by atoms with E-state index in [0.717, 1.165) is 16.9 Å². The molecular weight excluding hydrogens is 395 g/mol. The number of benzene rings is 3. The summed E-state index contributed by atoms with van der Waals surface area (Å²) in [4.78, 5) is 11.5. The molecule has 0 aliphatic heterocycles. The second-order valence-corrected chi connectivity index (χ2v) is 7.06. The highest BCUT2D eigenvalue weighted by molar-refractivity contribution is 5.74. The van der Waals surface area contributed by atoms with Crippen LogP contribution in [-0.4, -0.2) is 15.7 Å². The molecule has 0 amide bonds. The molecule has 1 heterocycles. The van der Waals surface area contributed by atoms with Gasteiger partial charge in [0.05, 0.1) is 12.7 Å². The van der Waals surface area contributed by atoms with E-state index in [0.29, 0.717) is 30.2 Å². The number of ether oxygens (including phenoxy) is 2. The molecule has 1 aromatic heterocycles. The van der Waals surface area contributed by atoms with E-state index in [1.54, 1.807) is 23.0 Å². The summed E-state index contributed by atoms with van der Waals surface area (Å²) in [5.41, 5.74) is 3.27. The van der Waals surface area contributed by atoms with Crippen LogP contribution in [0.25, 0.3) is 11.3 Å². The first-order valence-corrected chi connectivity index (χ1v) is 9.84. The number of hydrogen-bond acceptors (Lipinski definition) is 4. The third kappa shape index (κ3) is 5.36. The fourth-order valence-electron chi connectivity index (χ4n) is 3.14. The van der Waals surface area contributed by atoms with Gasteiger partial charge in [0, 0.05) is 12.5 Å². The maximum Gasteiger partial charge on any atom is 0.308 e. The SMILES string of the molecule is CC(=O)Oc1cn(Cc2ccc(OCc3ccccc3)cc2)nc1-c1ccc(F)cc1. The quantitative estimate of drug-likeness (QED) is 0.387. The van der Waals surface area contributed by atoms with Crippen LogP contribution in [0, 0.1) is 5.82 Å². The monoisotopic (exact) mass is 416 g/mol. The molecule has 0 unspecified atom stereocenters. The van der Waals surface area contributed by atoms with Crippen molar-refractivity contribution in [3.63, 3.8) is 0 Å². The van der Waals surface area contributed by atoms with Gasteiger partial charge in [-0.3, -0.25) is 9.48 Å². The number of esters is 1. The molecule has 0 fully saturated rings. The Bertz CT molecular complexity index is 1150. The number of hydrogen-bond donors (Lipinski definition) is 0. The summed E-state index contributed by atoms with van der Waals surface area (Å²) in [6.45, 7) is 2.32. The molecule has 0 aliphatic carbocycles. The van der Waals surface area contributed by atoms with Crippen LogP contribution < -0.4 is 9.47 Å². The van der Waals surface area contributed by atoms with Crippen LogP contribution in [0.15, 0.2) is 85.1 Å². The minimum atomic E-state index is -0.442. The maximum absolute atomic E-state index is 13.3. The fraction of sp³-hybridized carbons (Fsp3) is 0.120. The first-order chi connectivity index (χ1) is 15.1. The second-order valence-electron chi connectivity index (χ2n) is 7.06. The van der Waals surface area contributed by atoms with E-state index in [1.165, 1.54) is 19.1 Å². The smallest absolute Gasteiger partial charge is 0.308 e. The summed E-state index contributed by atoms with van der Waals surface area (Å²) in [5.74, 6) is 0.331. The van der Waals surface area contributed by atoms with E-state index >= 15 is 0 Å². The minimum absolute atomic E-state index is 0.335. The van der Waals surface area contributed by atoms with E-state index in [-0.39, 0.29) is 5.82 Å². The summed E-state index contributed by atoms with van der Waals surface area (Å²) in [7, 11) is 0. The zero-order valence-corrected chi connectivity index (χ0v) is 17.0. The molecular formula is C25H21FN2O3. The Hall–Kier alpha value is -3.93. The van der Waals surface area contributed by atoms with Gasteiger partial charge in [0.1, 0.15) is 23.9 Å². The van der Waals surface area contributed by atoms with Gasteiger partial charge in [-0.15, -0.1) is 0 Å². The summed E-state index contributed by atoms with van der Waals surface area (Å²) >= 11 is 0. The van der Waals surface area contributed by atoms with Gasteiger partial charge in [-0.05, 0) is 47.5 Å². The van der Waals surface area contributed by atoms with Crippen LogP contribution in [0.3, 0.4) is 0 Å². The topological polar surface area (TPSA) is 53.4 Å². The van der Waals surface area contributed by atoms with Gasteiger partial charge < -0.3 is 9.47 Å². The Kier molecular flexibility index (Phi) is 6.08. The summed E-state index contributed by atoms with van der Waals surface area (Å²) < 4.78 is 26.1. The van der Waals surface area contributed by atoms with Gasteiger partial charge in [-0.1, -0.05) is 42.5 Å². The van der Waals surface area contributed by atoms with E-state index < -0.39 is 5.97 Å². The zero-order chi connectivity index (χ0) is 21.6. The Balaban J connectivity index is 1.48. The molecule has 4 aromatic rings. The van der Waals surface area contributed by atoms with E-state index in [4.69, 9.17) is 9.47 Å². The maximum atomic E-state index is 13.3. The number of carbonyl (C=O) groups excluding carboxylic acids is 1. The lowest BCUT2D eigenvalue weighted by atomic mass is 10.1. The van der Waals surface area contributed by atoms with E-state index in [9.17, 15) is 9.18 Å². The molecule has 0 atom stereocenters. The third-order valence-electron chi connectivity index (χ3n) is 4.62. The Morgan fingerprint density at radius 3 is 2.32 bits per heavy atom. The molecule has 0 N–H and O–H groups in total. The van der Waals surface area contributed by atoms with Crippen molar-refractivity contribution >= 4 is 5.97 Å². The average molecular weight is 416 g/mol. The van der Waals surface area contributed by atoms with Gasteiger partial charge >= 0.3 is 5.97 Å². The molecule has 3 aromatic carbocycles. The van der Waals surface area contributed by atoms with Crippen molar-refractivity contribution in [3.05, 3.63) is 102 Å². The van der Waals surface area contributed by atoms with Crippen LogP contribution in [0.1, 0.15) is 18.1 Å². The van der Waals surface area contributed by atoms with Crippen LogP contribution >= 0.6 is 0 Å². The van der Waals surface area contributed by atoms with Crippen molar-refractivity contribution in [2.75, 3.05) is 0 Å². The number of nitrogens with zero attached hydrogens (tertiary/aromatic N) is 2. The largest absolute Gasteiger partial charge is 0.489 e. The van der Waals surface area contributed by atoms with Crippen molar-refractivity contribution in [2.45, 2.75) is 20.1 Å². The Morgan fingerprint density at radius 2 is 1.65 bits per heavy atom. The Morgan fingerprint density at radius 1 is 0.935 bits per heavy atom. The van der Waals surface area contributed by atoms with Crippen LogP contribution in [-0.2, 0) is 17.9 Å². The number of halogens is 1. The number of aromatic nitrogens is 2. The van der Waals surface area contributed by atoms with Gasteiger partial charge in [0.2, 0.25) is 0 Å². The van der Waals surface area contributed by atoms with E-state index in [2.05, 4.69) is 5.10 Å². The predicted octanol–water partition coefficient (Wildman–Crippen LogP) is 5.24. The first-order valence-electron chi connectivity index (χ1n) is 9.84. The molecule has 31 heavy (non-hydrogen) atoms. The molecule has 0 radical (unpaired) electrons.